The number of hydrogen-bond donors (Lipinski definition) is 1. The minimum Gasteiger partial charge on any atom is -0.377 e. The highest BCUT2D eigenvalue weighted by atomic mass is 16.5. The van der Waals surface area contributed by atoms with Gasteiger partial charge in [-0.15, -0.1) is 0 Å². The number of piperazine rings is 1. The van der Waals surface area contributed by atoms with Gasteiger partial charge in [0.2, 0.25) is 0 Å². The number of nitrogens with zero attached hydrogens (tertiary/aromatic N) is 1. The molecule has 2 unspecified atom stereocenters. The maximum atomic E-state index is 5.91. The lowest BCUT2D eigenvalue weighted by Crippen LogP contribution is -2.64. The molecule has 116 valence electrons. The van der Waals surface area contributed by atoms with E-state index in [2.05, 4.69) is 24.1 Å². The van der Waals surface area contributed by atoms with Crippen molar-refractivity contribution in [2.75, 3.05) is 26.2 Å². The van der Waals surface area contributed by atoms with E-state index in [0.717, 1.165) is 12.5 Å². The first kappa shape index (κ1) is 14.8. The Bertz CT molecular complexity index is 306. The van der Waals surface area contributed by atoms with Crippen molar-refractivity contribution in [2.45, 2.75) is 76.5 Å². The van der Waals surface area contributed by atoms with Crippen molar-refractivity contribution >= 4 is 0 Å². The van der Waals surface area contributed by atoms with Crippen LogP contribution in [0.25, 0.3) is 0 Å². The van der Waals surface area contributed by atoms with Crippen LogP contribution in [-0.4, -0.2) is 48.8 Å². The van der Waals surface area contributed by atoms with Crippen molar-refractivity contribution in [2.24, 2.45) is 5.92 Å². The van der Waals surface area contributed by atoms with E-state index < -0.39 is 0 Å². The van der Waals surface area contributed by atoms with Crippen molar-refractivity contribution < 1.29 is 4.74 Å². The lowest BCUT2D eigenvalue weighted by Gasteiger charge is -2.49. The summed E-state index contributed by atoms with van der Waals surface area (Å²) in [5.41, 5.74) is 0.458. The zero-order chi connectivity index (χ0) is 14.0. The van der Waals surface area contributed by atoms with Crippen LogP contribution in [0.4, 0.5) is 0 Å². The Morgan fingerprint density at radius 2 is 2.05 bits per heavy atom. The second-order valence-corrected chi connectivity index (χ2v) is 7.68. The van der Waals surface area contributed by atoms with Crippen molar-refractivity contribution in [3.8, 4) is 0 Å². The van der Waals surface area contributed by atoms with Gasteiger partial charge in [0.25, 0.3) is 0 Å². The van der Waals surface area contributed by atoms with Crippen LogP contribution < -0.4 is 5.32 Å². The van der Waals surface area contributed by atoms with Crippen LogP contribution in [0, 0.1) is 5.92 Å². The minimum atomic E-state index is 0.458. The van der Waals surface area contributed by atoms with Gasteiger partial charge in [0, 0.05) is 37.8 Å². The monoisotopic (exact) mass is 280 g/mol. The second kappa shape index (κ2) is 6.33. The van der Waals surface area contributed by atoms with Crippen LogP contribution in [0.15, 0.2) is 0 Å². The quantitative estimate of drug-likeness (QED) is 0.857. The van der Waals surface area contributed by atoms with E-state index >= 15 is 0 Å². The van der Waals surface area contributed by atoms with E-state index in [1.165, 1.54) is 64.6 Å². The summed E-state index contributed by atoms with van der Waals surface area (Å²) in [7, 11) is 0. The van der Waals surface area contributed by atoms with Crippen molar-refractivity contribution in [3.63, 3.8) is 0 Å². The molecule has 3 aliphatic rings. The standard InChI is InChI=1S/C17H32N2O/c1-14(2)10-15-11-19(12-16-6-5-9-20-16)17(13-18-15)7-3-4-8-17/h14-16,18H,3-13H2,1-2H3. The van der Waals surface area contributed by atoms with Gasteiger partial charge in [-0.25, -0.2) is 0 Å². The summed E-state index contributed by atoms with van der Waals surface area (Å²) in [5, 5.41) is 3.86. The fraction of sp³-hybridized carbons (Fsp3) is 1.00. The molecular weight excluding hydrogens is 248 g/mol. The number of hydrogen-bond acceptors (Lipinski definition) is 3. The summed E-state index contributed by atoms with van der Waals surface area (Å²) in [5.74, 6) is 0.787. The van der Waals surface area contributed by atoms with Crippen LogP contribution in [0.3, 0.4) is 0 Å². The average Bonchev–Trinajstić information content (AvgIpc) is 3.05. The first-order valence-corrected chi connectivity index (χ1v) is 8.78. The summed E-state index contributed by atoms with van der Waals surface area (Å²) in [4.78, 5) is 2.82. The highest BCUT2D eigenvalue weighted by Crippen LogP contribution is 2.38. The predicted octanol–water partition coefficient (Wildman–Crippen LogP) is 2.80. The Kier molecular flexibility index (Phi) is 4.68. The van der Waals surface area contributed by atoms with Crippen LogP contribution in [-0.2, 0) is 4.74 Å². The molecule has 0 amide bonds. The molecule has 0 aromatic carbocycles. The van der Waals surface area contributed by atoms with Crippen LogP contribution >= 0.6 is 0 Å². The molecule has 3 nitrogen and oxygen atoms in total. The van der Waals surface area contributed by atoms with Crippen LogP contribution in [0.5, 0.6) is 0 Å². The SMILES string of the molecule is CC(C)CC1CN(CC2CCCO2)C2(CCCC2)CN1. The molecule has 0 bridgehead atoms. The molecule has 2 atom stereocenters. The fourth-order valence-electron chi connectivity index (χ4n) is 4.53. The van der Waals surface area contributed by atoms with Crippen molar-refractivity contribution in [1.29, 1.82) is 0 Å². The van der Waals surface area contributed by atoms with Gasteiger partial charge in [0.05, 0.1) is 6.10 Å². The maximum absolute atomic E-state index is 5.91. The Morgan fingerprint density at radius 1 is 1.25 bits per heavy atom. The van der Waals surface area contributed by atoms with Gasteiger partial charge in [-0.3, -0.25) is 4.90 Å². The van der Waals surface area contributed by atoms with Gasteiger partial charge in [-0.2, -0.15) is 0 Å². The smallest absolute Gasteiger partial charge is 0.0703 e. The van der Waals surface area contributed by atoms with E-state index in [1.54, 1.807) is 0 Å². The number of nitrogens with one attached hydrogen (secondary N) is 1. The van der Waals surface area contributed by atoms with E-state index in [4.69, 9.17) is 4.74 Å². The Labute approximate surface area is 124 Å². The van der Waals surface area contributed by atoms with E-state index in [0.29, 0.717) is 17.7 Å². The Morgan fingerprint density at radius 3 is 2.70 bits per heavy atom. The van der Waals surface area contributed by atoms with E-state index in [9.17, 15) is 0 Å². The second-order valence-electron chi connectivity index (χ2n) is 7.68. The molecule has 1 saturated carbocycles. The third kappa shape index (κ3) is 3.20. The third-order valence-electron chi connectivity index (χ3n) is 5.57. The largest absolute Gasteiger partial charge is 0.377 e. The van der Waals surface area contributed by atoms with E-state index in [-0.39, 0.29) is 0 Å². The molecule has 3 heteroatoms. The predicted molar refractivity (Wildman–Crippen MR) is 83.0 cm³/mol. The van der Waals surface area contributed by atoms with Gasteiger partial charge >= 0.3 is 0 Å². The van der Waals surface area contributed by atoms with Gasteiger partial charge in [-0.1, -0.05) is 26.7 Å². The summed E-state index contributed by atoms with van der Waals surface area (Å²) in [6.45, 7) is 9.28. The van der Waals surface area contributed by atoms with Crippen LogP contribution in [0.1, 0.15) is 58.8 Å². The zero-order valence-corrected chi connectivity index (χ0v) is 13.4. The summed E-state index contributed by atoms with van der Waals surface area (Å²) in [6, 6.07) is 0.683. The molecule has 2 saturated heterocycles. The topological polar surface area (TPSA) is 24.5 Å². The minimum absolute atomic E-state index is 0.458. The number of ether oxygens (including phenoxy) is 1. The molecule has 1 N–H and O–H groups in total. The van der Waals surface area contributed by atoms with Crippen molar-refractivity contribution in [3.05, 3.63) is 0 Å². The molecule has 1 aliphatic carbocycles. The van der Waals surface area contributed by atoms with Gasteiger partial charge in [0.15, 0.2) is 0 Å². The highest BCUT2D eigenvalue weighted by molar-refractivity contribution is 5.02. The average molecular weight is 280 g/mol. The summed E-state index contributed by atoms with van der Waals surface area (Å²) < 4.78 is 5.91. The lowest BCUT2D eigenvalue weighted by atomic mass is 9.88. The molecule has 2 heterocycles. The molecular formula is C17H32N2O. The van der Waals surface area contributed by atoms with Gasteiger partial charge < -0.3 is 10.1 Å². The molecule has 2 aliphatic heterocycles. The molecule has 3 rings (SSSR count). The molecule has 3 fully saturated rings. The Balaban J connectivity index is 1.65. The fourth-order valence-corrected chi connectivity index (χ4v) is 4.53. The molecule has 0 radical (unpaired) electrons. The first-order chi connectivity index (χ1) is 9.68. The molecule has 1 spiro atoms. The van der Waals surface area contributed by atoms with Crippen molar-refractivity contribution in [1.82, 2.24) is 10.2 Å². The van der Waals surface area contributed by atoms with Gasteiger partial charge in [0.1, 0.15) is 0 Å². The summed E-state index contributed by atoms with van der Waals surface area (Å²) in [6.07, 6.45) is 9.95. The molecule has 0 aromatic heterocycles. The third-order valence-corrected chi connectivity index (χ3v) is 5.57. The van der Waals surface area contributed by atoms with Gasteiger partial charge in [-0.05, 0) is 38.0 Å². The normalized spacial score (nSPS) is 34.4. The lowest BCUT2D eigenvalue weighted by molar-refractivity contribution is -0.00794. The van der Waals surface area contributed by atoms with E-state index in [1.807, 2.05) is 0 Å². The maximum Gasteiger partial charge on any atom is 0.0703 e. The molecule has 20 heavy (non-hydrogen) atoms. The molecule has 0 aromatic rings. The summed E-state index contributed by atoms with van der Waals surface area (Å²) >= 11 is 0. The first-order valence-electron chi connectivity index (χ1n) is 8.78. The zero-order valence-electron chi connectivity index (χ0n) is 13.4. The highest BCUT2D eigenvalue weighted by Gasteiger charge is 2.44. The van der Waals surface area contributed by atoms with Crippen LogP contribution in [0.2, 0.25) is 0 Å². The Hall–Kier alpha value is -0.120. The number of rotatable bonds is 4.